The minimum Gasteiger partial charge on any atom is -0.497 e. The number of carbonyl (C=O) groups is 1. The van der Waals surface area contributed by atoms with Crippen molar-refractivity contribution in [3.05, 3.63) is 59.5 Å². The first-order chi connectivity index (χ1) is 12.0. The Bertz CT molecular complexity index is 895. The first-order valence-electron chi connectivity index (χ1n) is 7.91. The van der Waals surface area contributed by atoms with E-state index in [0.29, 0.717) is 11.5 Å². The number of benzene rings is 1. The molecule has 0 saturated heterocycles. The van der Waals surface area contributed by atoms with Gasteiger partial charge < -0.3 is 19.0 Å². The summed E-state index contributed by atoms with van der Waals surface area (Å²) < 4.78 is 12.6. The predicted octanol–water partition coefficient (Wildman–Crippen LogP) is 3.27. The first kappa shape index (κ1) is 16.8. The molecule has 1 atom stereocenters. The topological polar surface area (TPSA) is 73.1 Å². The molecular formula is C19H20N2O4. The smallest absolute Gasteiger partial charge is 0.304 e. The molecule has 130 valence electrons. The summed E-state index contributed by atoms with van der Waals surface area (Å²) >= 11 is 0. The number of fused-ring (bicyclic) bond motifs is 1. The van der Waals surface area contributed by atoms with E-state index in [2.05, 4.69) is 4.98 Å². The van der Waals surface area contributed by atoms with E-state index in [1.54, 1.807) is 26.5 Å². The third kappa shape index (κ3) is 3.28. The zero-order valence-electron chi connectivity index (χ0n) is 14.4. The molecule has 0 aliphatic carbocycles. The van der Waals surface area contributed by atoms with Crippen molar-refractivity contribution in [2.24, 2.45) is 0 Å². The average Bonchev–Trinajstić information content (AvgIpc) is 3.04. The van der Waals surface area contributed by atoms with Crippen LogP contribution >= 0.6 is 0 Å². The lowest BCUT2D eigenvalue weighted by atomic mass is 9.92. The van der Waals surface area contributed by atoms with E-state index in [1.165, 1.54) is 0 Å². The molecule has 0 spiro atoms. The standard InChI is InChI=1S/C19H20N2O4/c1-12-5-4-6-18-20-11-17(21(12)18)16(10-19(22)23)13-7-14(24-2)9-15(8-13)25-3/h4-9,11,16H,10H2,1-3H3,(H,22,23). The third-order valence-electron chi connectivity index (χ3n) is 4.26. The summed E-state index contributed by atoms with van der Waals surface area (Å²) in [6, 6.07) is 11.3. The number of rotatable bonds is 6. The molecule has 3 aromatic rings. The number of hydrogen-bond acceptors (Lipinski definition) is 4. The molecule has 0 fully saturated rings. The SMILES string of the molecule is COc1cc(OC)cc(C(CC(=O)O)c2cnc3cccc(C)n23)c1. The van der Waals surface area contributed by atoms with Crippen LogP contribution in [0.5, 0.6) is 11.5 Å². The molecule has 2 aromatic heterocycles. The Hall–Kier alpha value is -3.02. The Morgan fingerprint density at radius 2 is 1.88 bits per heavy atom. The molecule has 25 heavy (non-hydrogen) atoms. The summed E-state index contributed by atoms with van der Waals surface area (Å²) in [4.78, 5) is 15.9. The van der Waals surface area contributed by atoms with Gasteiger partial charge in [0.2, 0.25) is 0 Å². The Morgan fingerprint density at radius 3 is 2.48 bits per heavy atom. The van der Waals surface area contributed by atoms with Crippen molar-refractivity contribution < 1.29 is 19.4 Å². The van der Waals surface area contributed by atoms with Gasteiger partial charge in [0.05, 0.1) is 26.3 Å². The van der Waals surface area contributed by atoms with Gasteiger partial charge in [-0.15, -0.1) is 0 Å². The highest BCUT2D eigenvalue weighted by atomic mass is 16.5. The summed E-state index contributed by atoms with van der Waals surface area (Å²) in [6.45, 7) is 1.97. The van der Waals surface area contributed by atoms with Gasteiger partial charge in [-0.25, -0.2) is 4.98 Å². The molecule has 0 saturated carbocycles. The fourth-order valence-electron chi connectivity index (χ4n) is 3.07. The minimum atomic E-state index is -0.879. The fraction of sp³-hybridized carbons (Fsp3) is 0.263. The van der Waals surface area contributed by atoms with Gasteiger partial charge in [0.1, 0.15) is 17.1 Å². The van der Waals surface area contributed by atoms with Crippen molar-refractivity contribution in [1.29, 1.82) is 0 Å². The summed E-state index contributed by atoms with van der Waals surface area (Å²) in [5, 5.41) is 9.45. The number of methoxy groups -OCH3 is 2. The van der Waals surface area contributed by atoms with Crippen molar-refractivity contribution >= 4 is 11.6 Å². The largest absolute Gasteiger partial charge is 0.497 e. The molecule has 1 aromatic carbocycles. The van der Waals surface area contributed by atoms with Crippen LogP contribution in [0.25, 0.3) is 5.65 Å². The molecule has 0 aliphatic rings. The monoisotopic (exact) mass is 340 g/mol. The number of aliphatic carboxylic acids is 1. The normalized spacial score (nSPS) is 12.1. The zero-order valence-corrected chi connectivity index (χ0v) is 14.4. The predicted molar refractivity (Wildman–Crippen MR) is 93.6 cm³/mol. The lowest BCUT2D eigenvalue weighted by Gasteiger charge is -2.18. The molecule has 1 unspecified atom stereocenters. The second-order valence-electron chi connectivity index (χ2n) is 5.84. The molecule has 3 rings (SSSR count). The van der Waals surface area contributed by atoms with Crippen LogP contribution < -0.4 is 9.47 Å². The number of hydrogen-bond donors (Lipinski definition) is 1. The van der Waals surface area contributed by atoms with Crippen molar-refractivity contribution in [3.8, 4) is 11.5 Å². The summed E-state index contributed by atoms with van der Waals surface area (Å²) in [7, 11) is 3.15. The highest BCUT2D eigenvalue weighted by Crippen LogP contribution is 2.34. The first-order valence-corrected chi connectivity index (χ1v) is 7.91. The van der Waals surface area contributed by atoms with Crippen LogP contribution in [0.2, 0.25) is 0 Å². The van der Waals surface area contributed by atoms with Gasteiger partial charge in [0, 0.05) is 23.9 Å². The number of carboxylic acid groups (broad SMARTS) is 1. The maximum absolute atomic E-state index is 11.5. The zero-order chi connectivity index (χ0) is 18.0. The molecular weight excluding hydrogens is 320 g/mol. The quantitative estimate of drug-likeness (QED) is 0.745. The molecule has 1 N–H and O–H groups in total. The molecule has 2 heterocycles. The Kier molecular flexibility index (Phi) is 4.61. The lowest BCUT2D eigenvalue weighted by Crippen LogP contribution is -2.11. The van der Waals surface area contributed by atoms with Crippen LogP contribution in [0.1, 0.15) is 29.3 Å². The second-order valence-corrected chi connectivity index (χ2v) is 5.84. The summed E-state index contributed by atoms with van der Waals surface area (Å²) in [6.07, 6.45) is 1.68. The molecule has 0 bridgehead atoms. The Morgan fingerprint density at radius 1 is 1.20 bits per heavy atom. The molecule has 6 heteroatoms. The van der Waals surface area contributed by atoms with Crippen LogP contribution in [0.4, 0.5) is 0 Å². The van der Waals surface area contributed by atoms with E-state index >= 15 is 0 Å². The van der Waals surface area contributed by atoms with Crippen molar-refractivity contribution in [3.63, 3.8) is 0 Å². The number of nitrogens with zero attached hydrogens (tertiary/aromatic N) is 2. The van der Waals surface area contributed by atoms with E-state index < -0.39 is 5.97 Å². The van der Waals surface area contributed by atoms with Gasteiger partial charge in [0.25, 0.3) is 0 Å². The number of aryl methyl sites for hydroxylation is 1. The maximum Gasteiger partial charge on any atom is 0.304 e. The van der Waals surface area contributed by atoms with Crippen LogP contribution in [0.15, 0.2) is 42.6 Å². The van der Waals surface area contributed by atoms with Crippen molar-refractivity contribution in [2.75, 3.05) is 14.2 Å². The second kappa shape index (κ2) is 6.84. The van der Waals surface area contributed by atoms with E-state index in [1.807, 2.05) is 41.7 Å². The molecule has 0 aliphatic heterocycles. The number of imidazole rings is 1. The van der Waals surface area contributed by atoms with Crippen LogP contribution in [-0.4, -0.2) is 34.7 Å². The Balaban J connectivity index is 2.19. The number of aromatic nitrogens is 2. The van der Waals surface area contributed by atoms with Crippen LogP contribution in [0, 0.1) is 6.92 Å². The van der Waals surface area contributed by atoms with Gasteiger partial charge in [-0.3, -0.25) is 4.79 Å². The van der Waals surface area contributed by atoms with E-state index in [-0.39, 0.29) is 12.3 Å². The van der Waals surface area contributed by atoms with Gasteiger partial charge in [-0.2, -0.15) is 0 Å². The number of pyridine rings is 1. The lowest BCUT2D eigenvalue weighted by molar-refractivity contribution is -0.137. The maximum atomic E-state index is 11.5. The fourth-order valence-corrected chi connectivity index (χ4v) is 3.07. The Labute approximate surface area is 145 Å². The molecule has 6 nitrogen and oxygen atoms in total. The summed E-state index contributed by atoms with van der Waals surface area (Å²) in [5.74, 6) is -0.0153. The molecule has 0 amide bonds. The van der Waals surface area contributed by atoms with Crippen molar-refractivity contribution in [2.45, 2.75) is 19.3 Å². The minimum absolute atomic E-state index is 0.0571. The van der Waals surface area contributed by atoms with E-state index in [9.17, 15) is 9.90 Å². The summed E-state index contributed by atoms with van der Waals surface area (Å²) in [5.41, 5.74) is 3.42. The number of ether oxygens (including phenoxy) is 2. The third-order valence-corrected chi connectivity index (χ3v) is 4.26. The average molecular weight is 340 g/mol. The van der Waals surface area contributed by atoms with E-state index in [4.69, 9.17) is 9.47 Å². The van der Waals surface area contributed by atoms with Crippen LogP contribution in [0.3, 0.4) is 0 Å². The van der Waals surface area contributed by atoms with Gasteiger partial charge >= 0.3 is 5.97 Å². The van der Waals surface area contributed by atoms with E-state index in [0.717, 1.165) is 22.6 Å². The highest BCUT2D eigenvalue weighted by Gasteiger charge is 2.23. The van der Waals surface area contributed by atoms with Gasteiger partial charge in [-0.1, -0.05) is 6.07 Å². The highest BCUT2D eigenvalue weighted by molar-refractivity contribution is 5.69. The van der Waals surface area contributed by atoms with Gasteiger partial charge in [-0.05, 0) is 36.8 Å². The van der Waals surface area contributed by atoms with Crippen LogP contribution in [-0.2, 0) is 4.79 Å². The number of carboxylic acids is 1. The molecule has 0 radical (unpaired) electrons. The van der Waals surface area contributed by atoms with Crippen molar-refractivity contribution in [1.82, 2.24) is 9.38 Å². The van der Waals surface area contributed by atoms with Gasteiger partial charge in [0.15, 0.2) is 0 Å².